The van der Waals surface area contributed by atoms with Crippen LogP contribution < -0.4 is 10.5 Å². The Labute approximate surface area is 324 Å². The summed E-state index contributed by atoms with van der Waals surface area (Å²) in [5.41, 5.74) is 0.838. The highest BCUT2D eigenvalue weighted by Crippen LogP contribution is 2.55. The number of rotatable bonds is 8. The van der Waals surface area contributed by atoms with Crippen molar-refractivity contribution in [1.82, 2.24) is 9.80 Å². The van der Waals surface area contributed by atoms with Gasteiger partial charge >= 0.3 is 5.97 Å². The summed E-state index contributed by atoms with van der Waals surface area (Å²) >= 11 is 0. The van der Waals surface area contributed by atoms with Crippen molar-refractivity contribution in [1.29, 1.82) is 0 Å². The minimum Gasteiger partial charge on any atom is -0.507 e. The minimum atomic E-state index is -2.71. The highest BCUT2D eigenvalue weighted by Gasteiger charge is 2.52. The van der Waals surface area contributed by atoms with Gasteiger partial charge in [-0.2, -0.15) is 0 Å². The second-order valence-corrected chi connectivity index (χ2v) is 15.0. The van der Waals surface area contributed by atoms with Gasteiger partial charge in [-0.25, -0.2) is 4.79 Å². The number of piperazine rings is 1. The van der Waals surface area contributed by atoms with Gasteiger partial charge in [-0.15, -0.1) is 0 Å². The number of nitrogens with two attached hydrogens (primary N) is 1. The van der Waals surface area contributed by atoms with Crippen LogP contribution in [0.4, 0.5) is 0 Å². The van der Waals surface area contributed by atoms with E-state index in [2.05, 4.69) is 4.90 Å². The first-order valence-electron chi connectivity index (χ1n) is 18.5. The Kier molecular flexibility index (Phi) is 9.57. The van der Waals surface area contributed by atoms with Gasteiger partial charge in [-0.1, -0.05) is 12.1 Å². The van der Waals surface area contributed by atoms with E-state index in [-0.39, 0.29) is 57.6 Å². The van der Waals surface area contributed by atoms with Crippen LogP contribution in [0.2, 0.25) is 0 Å². The third-order valence-corrected chi connectivity index (χ3v) is 11.6. The van der Waals surface area contributed by atoms with Crippen LogP contribution in [0.3, 0.4) is 0 Å². The number of aromatic hydroxyl groups is 2. The van der Waals surface area contributed by atoms with Gasteiger partial charge in [0.1, 0.15) is 39.5 Å². The number of fused-ring (bicyclic) bond motifs is 5. The number of aliphatic hydroxyl groups excluding tert-OH is 1. The number of aliphatic hydroxyl groups is 2. The van der Waals surface area contributed by atoms with Crippen LogP contribution in [0.25, 0.3) is 11.2 Å². The fourth-order valence-corrected chi connectivity index (χ4v) is 8.44. The lowest BCUT2D eigenvalue weighted by molar-refractivity contribution is -0.244. The number of Topliss-reactive ketones (excluding diaryl/α,β-unsaturated/α-hetero) is 1. The van der Waals surface area contributed by atoms with E-state index in [4.69, 9.17) is 29.1 Å². The van der Waals surface area contributed by atoms with Crippen molar-refractivity contribution < 1.29 is 67.8 Å². The van der Waals surface area contributed by atoms with E-state index in [1.807, 2.05) is 7.05 Å². The highest BCUT2D eigenvalue weighted by atomic mass is 16.7. The zero-order valence-corrected chi connectivity index (χ0v) is 31.3. The molecule has 300 valence electrons. The Morgan fingerprint density at radius 3 is 2.33 bits per heavy atom. The van der Waals surface area contributed by atoms with Crippen LogP contribution in [0.15, 0.2) is 34.7 Å². The molecular weight excluding hydrogens is 746 g/mol. The lowest BCUT2D eigenvalue weighted by Gasteiger charge is -2.42. The van der Waals surface area contributed by atoms with Crippen molar-refractivity contribution in [3.05, 3.63) is 74.8 Å². The van der Waals surface area contributed by atoms with E-state index in [0.29, 0.717) is 26.2 Å². The number of nitrogens with zero attached hydrogens (tertiary/aromatic N) is 2. The molecule has 0 saturated carbocycles. The normalized spacial score (nSPS) is 26.2. The van der Waals surface area contributed by atoms with Crippen LogP contribution in [-0.4, -0.2) is 131 Å². The van der Waals surface area contributed by atoms with Crippen LogP contribution in [0.5, 0.6) is 17.2 Å². The smallest absolute Gasteiger partial charge is 0.343 e. The second kappa shape index (κ2) is 14.2. The van der Waals surface area contributed by atoms with Gasteiger partial charge in [-0.3, -0.25) is 19.2 Å². The van der Waals surface area contributed by atoms with Crippen LogP contribution in [0.1, 0.15) is 96.0 Å². The van der Waals surface area contributed by atoms with Crippen molar-refractivity contribution in [2.75, 3.05) is 46.9 Å². The molecule has 2 fully saturated rings. The highest BCUT2D eigenvalue weighted by molar-refractivity contribution is 6.31. The van der Waals surface area contributed by atoms with Crippen molar-refractivity contribution in [3.8, 4) is 17.2 Å². The minimum absolute atomic E-state index is 0.00235. The van der Waals surface area contributed by atoms with Crippen LogP contribution >= 0.6 is 0 Å². The van der Waals surface area contributed by atoms with Crippen molar-refractivity contribution in [2.45, 2.75) is 62.4 Å². The van der Waals surface area contributed by atoms with Gasteiger partial charge in [0.05, 0.1) is 42.1 Å². The number of hydrogen-bond donors (Lipinski definition) is 5. The van der Waals surface area contributed by atoms with Gasteiger partial charge in [0, 0.05) is 55.3 Å². The maximum absolute atomic E-state index is 14.2. The quantitative estimate of drug-likeness (QED) is 0.111. The van der Waals surface area contributed by atoms with Crippen LogP contribution in [0, 0.1) is 0 Å². The lowest BCUT2D eigenvalue weighted by atomic mass is 9.70. The number of carbonyl (C=O) groups is 5. The number of methoxy groups -OCH3 is 1. The first-order valence-corrected chi connectivity index (χ1v) is 18.5. The molecule has 1 amide bonds. The third kappa shape index (κ3) is 6.04. The number of phenols is 2. The first-order chi connectivity index (χ1) is 27.2. The average molecular weight is 788 g/mol. The summed E-state index contributed by atoms with van der Waals surface area (Å²) in [6, 6.07) is 6.52. The number of benzene rings is 3. The second-order valence-electron chi connectivity index (χ2n) is 15.0. The molecule has 2 aromatic carbocycles. The molecule has 0 spiro atoms. The Bertz CT molecular complexity index is 2320. The fourth-order valence-electron chi connectivity index (χ4n) is 8.44. The van der Waals surface area contributed by atoms with Crippen molar-refractivity contribution in [2.24, 2.45) is 5.73 Å². The predicted octanol–water partition coefficient (Wildman–Crippen LogP) is 1.74. The van der Waals surface area contributed by atoms with Gasteiger partial charge in [0.25, 0.3) is 5.91 Å². The zero-order chi connectivity index (χ0) is 40.7. The number of amides is 1. The standard InChI is InChI=1S/C40H41N3O14/c1-17-33(45)19(41)15-25(55-17)57-23-9-10-40(52,32-29(23)36(48)31-30(37(32)49)34(46)18-5-4-6-20(53-3)26(18)35(31)47)24(44)16-54-39(51)28-22-8-7-21(56-22)27(28)38(50)43-13-11-42(2)12-14-43/h4-8,17,19,23,25,33,45,48-49,52H,9-16,41H2,1-3H3/t17-,19-,23-,25-,33+,40-/m0/s1. The molecule has 17 nitrogen and oxygen atoms in total. The maximum Gasteiger partial charge on any atom is 0.343 e. The fraction of sp³-hybridized carbons (Fsp3) is 0.425. The summed E-state index contributed by atoms with van der Waals surface area (Å²) in [6.07, 6.45) is -4.79. The lowest BCUT2D eigenvalue weighted by Crippen LogP contribution is -2.52. The number of phenolic OH excluding ortho intramolecular Hbond substituents is 2. The molecule has 6 atom stereocenters. The van der Waals surface area contributed by atoms with E-state index < -0.39 is 107 Å². The van der Waals surface area contributed by atoms with Gasteiger partial charge in [-0.05, 0) is 45.0 Å². The number of hydrogen-bond acceptors (Lipinski definition) is 16. The number of ether oxygens (including phenoxy) is 4. The summed E-state index contributed by atoms with van der Waals surface area (Å²) in [7, 11) is 3.22. The van der Waals surface area contributed by atoms with E-state index >= 15 is 0 Å². The summed E-state index contributed by atoms with van der Waals surface area (Å²) in [5, 5.41) is 46.6. The maximum atomic E-state index is 14.2. The third-order valence-electron chi connectivity index (χ3n) is 11.6. The zero-order valence-electron chi connectivity index (χ0n) is 31.3. The SMILES string of the molecule is COc1cccc2c1C(=O)c1c(O)c3c(c(O)c1C2=O)[C@@](O)(C(=O)COC(=O)c1c(C(=O)N2CCN(C)CC2)c2ccc1o2)CC[C@@H]3O[C@H]1C[C@H](N)[C@H](O)[C@H](C)O1. The Morgan fingerprint density at radius 2 is 1.65 bits per heavy atom. The van der Waals surface area contributed by atoms with Crippen molar-refractivity contribution >= 4 is 40.4 Å². The molecular formula is C40H41N3O14. The number of carbonyl (C=O) groups excluding carboxylic acids is 5. The number of furan rings is 2. The molecule has 2 saturated heterocycles. The summed E-state index contributed by atoms with van der Waals surface area (Å²) in [5.74, 6) is -6.23. The van der Waals surface area contributed by atoms with E-state index in [0.717, 1.165) is 0 Å². The largest absolute Gasteiger partial charge is 0.507 e. The predicted molar refractivity (Wildman–Crippen MR) is 196 cm³/mol. The Morgan fingerprint density at radius 1 is 0.965 bits per heavy atom. The molecule has 8 rings (SSSR count). The summed E-state index contributed by atoms with van der Waals surface area (Å²) in [4.78, 5) is 73.2. The Hall–Kier alpha value is -5.43. The molecule has 2 bridgehead atoms. The van der Waals surface area contributed by atoms with Gasteiger partial charge < -0.3 is 59.3 Å². The average Bonchev–Trinajstić information content (AvgIpc) is 3.82. The van der Waals surface area contributed by atoms with Crippen molar-refractivity contribution in [3.63, 3.8) is 0 Å². The van der Waals surface area contributed by atoms with Crippen LogP contribution in [-0.2, 0) is 24.6 Å². The molecule has 0 radical (unpaired) electrons. The molecule has 6 N–H and O–H groups in total. The van der Waals surface area contributed by atoms with E-state index in [1.54, 1.807) is 17.9 Å². The molecule has 57 heavy (non-hydrogen) atoms. The molecule has 2 aliphatic carbocycles. The topological polar surface area (TPSA) is 249 Å². The molecule has 2 aliphatic heterocycles. The monoisotopic (exact) mass is 787 g/mol. The van der Waals surface area contributed by atoms with E-state index in [9.17, 15) is 44.4 Å². The van der Waals surface area contributed by atoms with E-state index in [1.165, 1.54) is 31.4 Å². The summed E-state index contributed by atoms with van der Waals surface area (Å²) < 4.78 is 28.5. The number of ketones is 3. The number of likely N-dealkylation sites (N-methyl/N-ethyl adjacent to an activating group) is 1. The molecule has 2 aromatic heterocycles. The molecule has 17 heteroatoms. The molecule has 0 unspecified atom stereocenters. The molecule has 4 aliphatic rings. The van der Waals surface area contributed by atoms with Gasteiger partial charge in [0.15, 0.2) is 24.3 Å². The molecule has 4 aromatic rings. The Balaban J connectivity index is 1.15. The first kappa shape index (κ1) is 38.4. The number of esters is 1. The summed E-state index contributed by atoms with van der Waals surface area (Å²) in [6.45, 7) is 2.58. The molecule has 4 heterocycles. The van der Waals surface area contributed by atoms with Gasteiger partial charge in [0.2, 0.25) is 11.6 Å².